The Morgan fingerprint density at radius 1 is 1.06 bits per heavy atom. The zero-order chi connectivity index (χ0) is 22.7. The molecule has 0 N–H and O–H groups in total. The van der Waals surface area contributed by atoms with Crippen LogP contribution in [0.2, 0.25) is 5.02 Å². The lowest BCUT2D eigenvalue weighted by Gasteiger charge is -2.47. The maximum absolute atomic E-state index is 14.0. The van der Waals surface area contributed by atoms with E-state index < -0.39 is 10.0 Å². The van der Waals surface area contributed by atoms with Gasteiger partial charge >= 0.3 is 0 Å². The number of amides is 1. The molecule has 7 heteroatoms. The second-order valence-corrected chi connectivity index (χ2v) is 13.3. The molecule has 5 rings (SSSR count). The number of piperidine rings is 1. The molecule has 2 heterocycles. The normalized spacial score (nSPS) is 32.8. The van der Waals surface area contributed by atoms with E-state index in [-0.39, 0.29) is 23.4 Å². The van der Waals surface area contributed by atoms with E-state index in [1.165, 1.54) is 0 Å². The SMILES string of the molecule is CC1CC(C2CC2)N(S(=O)(=O)c2ccc(Cl)cc2)C(C2(CC(=O)N3CCC(C)C3)CC2)C1. The van der Waals surface area contributed by atoms with Gasteiger partial charge in [0.25, 0.3) is 0 Å². The molecule has 4 unspecified atom stereocenters. The lowest BCUT2D eigenvalue weighted by Crippen LogP contribution is -2.56. The standard InChI is InChI=1S/C25H35ClN2O3S/c1-17-9-12-27(16-17)24(29)15-25(10-11-25)23-14-18(2)13-22(19-3-4-19)28(23)32(30,31)21-7-5-20(26)6-8-21/h5-8,17-19,22-23H,3-4,9-16H2,1-2H3. The summed E-state index contributed by atoms with van der Waals surface area (Å²) < 4.78 is 29.9. The first-order chi connectivity index (χ1) is 15.2. The van der Waals surface area contributed by atoms with Crippen LogP contribution in [0.3, 0.4) is 0 Å². The number of halogens is 1. The molecule has 1 aromatic carbocycles. The van der Waals surface area contributed by atoms with Gasteiger partial charge in [0.15, 0.2) is 0 Å². The molecule has 1 aromatic rings. The maximum Gasteiger partial charge on any atom is 0.243 e. The molecule has 2 aliphatic heterocycles. The molecule has 0 aromatic heterocycles. The van der Waals surface area contributed by atoms with Crippen LogP contribution in [-0.4, -0.2) is 48.7 Å². The van der Waals surface area contributed by atoms with Crippen LogP contribution in [0.25, 0.3) is 0 Å². The third kappa shape index (κ3) is 4.23. The summed E-state index contributed by atoms with van der Waals surface area (Å²) in [5.41, 5.74) is -0.204. The quantitative estimate of drug-likeness (QED) is 0.581. The minimum atomic E-state index is -3.66. The van der Waals surface area contributed by atoms with Crippen molar-refractivity contribution in [3.8, 4) is 0 Å². The highest BCUT2D eigenvalue weighted by Crippen LogP contribution is 2.59. The molecule has 4 atom stereocenters. The Morgan fingerprint density at radius 3 is 2.31 bits per heavy atom. The van der Waals surface area contributed by atoms with Crippen LogP contribution in [0.4, 0.5) is 0 Å². The first kappa shape index (κ1) is 22.7. The van der Waals surface area contributed by atoms with Crippen molar-refractivity contribution in [3.63, 3.8) is 0 Å². The highest BCUT2D eigenvalue weighted by molar-refractivity contribution is 7.89. The highest BCUT2D eigenvalue weighted by atomic mass is 35.5. The third-order valence-electron chi connectivity index (χ3n) is 8.34. The van der Waals surface area contributed by atoms with Crippen molar-refractivity contribution in [2.75, 3.05) is 13.1 Å². The number of benzene rings is 1. The molecule has 0 radical (unpaired) electrons. The van der Waals surface area contributed by atoms with E-state index in [9.17, 15) is 13.2 Å². The minimum Gasteiger partial charge on any atom is -0.342 e. The number of carbonyl (C=O) groups excluding carboxylic acids is 1. The minimum absolute atomic E-state index is 0.0452. The van der Waals surface area contributed by atoms with E-state index in [0.29, 0.717) is 34.1 Å². The maximum atomic E-state index is 14.0. The molecule has 2 aliphatic carbocycles. The highest BCUT2D eigenvalue weighted by Gasteiger charge is 2.59. The van der Waals surface area contributed by atoms with E-state index in [1.807, 2.05) is 9.21 Å². The average molecular weight is 479 g/mol. The van der Waals surface area contributed by atoms with E-state index in [2.05, 4.69) is 13.8 Å². The summed E-state index contributed by atoms with van der Waals surface area (Å²) in [6, 6.07) is 6.53. The van der Waals surface area contributed by atoms with Gasteiger partial charge in [-0.15, -0.1) is 0 Å². The summed E-state index contributed by atoms with van der Waals surface area (Å²) in [5.74, 6) is 1.71. The van der Waals surface area contributed by atoms with Gasteiger partial charge in [0, 0.05) is 36.6 Å². The number of hydrogen-bond donors (Lipinski definition) is 0. The van der Waals surface area contributed by atoms with Crippen LogP contribution in [0.5, 0.6) is 0 Å². The molecule has 2 saturated heterocycles. The Kier molecular flexibility index (Phi) is 5.87. The predicted octanol–water partition coefficient (Wildman–Crippen LogP) is 4.95. The third-order valence-corrected chi connectivity index (χ3v) is 10.5. The number of likely N-dealkylation sites (tertiary alicyclic amines) is 1. The fourth-order valence-corrected chi connectivity index (χ4v) is 8.28. The van der Waals surface area contributed by atoms with E-state index >= 15 is 0 Å². The number of carbonyl (C=O) groups is 1. The van der Waals surface area contributed by atoms with E-state index in [1.54, 1.807) is 24.3 Å². The van der Waals surface area contributed by atoms with Gasteiger partial charge in [-0.05, 0) is 92.4 Å². The Labute approximate surface area is 197 Å². The van der Waals surface area contributed by atoms with Gasteiger partial charge in [0.2, 0.25) is 15.9 Å². The summed E-state index contributed by atoms with van der Waals surface area (Å²) in [4.78, 5) is 15.5. The van der Waals surface area contributed by atoms with Crippen LogP contribution >= 0.6 is 11.6 Å². The van der Waals surface area contributed by atoms with Crippen molar-refractivity contribution >= 4 is 27.5 Å². The Morgan fingerprint density at radius 2 is 1.75 bits per heavy atom. The Bertz CT molecular complexity index is 971. The summed E-state index contributed by atoms with van der Waals surface area (Å²) in [6.07, 6.45) is 7.43. The molecule has 0 bridgehead atoms. The molecule has 0 spiro atoms. The van der Waals surface area contributed by atoms with Gasteiger partial charge in [0.05, 0.1) is 4.90 Å². The van der Waals surface area contributed by atoms with Gasteiger partial charge in [-0.25, -0.2) is 8.42 Å². The predicted molar refractivity (Wildman–Crippen MR) is 126 cm³/mol. The molecule has 4 aliphatic rings. The van der Waals surface area contributed by atoms with Crippen LogP contribution in [0.15, 0.2) is 29.2 Å². The van der Waals surface area contributed by atoms with Gasteiger partial charge in [-0.1, -0.05) is 25.4 Å². The lowest BCUT2D eigenvalue weighted by molar-refractivity contribution is -0.132. The summed E-state index contributed by atoms with van der Waals surface area (Å²) in [6.45, 7) is 6.14. The van der Waals surface area contributed by atoms with Crippen molar-refractivity contribution in [2.45, 2.75) is 82.2 Å². The van der Waals surface area contributed by atoms with E-state index in [0.717, 1.165) is 58.0 Å². The average Bonchev–Trinajstić information content (AvgIpc) is 3.67. The first-order valence-corrected chi connectivity index (χ1v) is 14.1. The fraction of sp³-hybridized carbons (Fsp3) is 0.720. The van der Waals surface area contributed by atoms with E-state index in [4.69, 9.17) is 11.6 Å². The van der Waals surface area contributed by atoms with Crippen LogP contribution in [-0.2, 0) is 14.8 Å². The molecule has 176 valence electrons. The molecule has 2 saturated carbocycles. The van der Waals surface area contributed by atoms with Gasteiger partial charge in [-0.3, -0.25) is 4.79 Å². The van der Waals surface area contributed by atoms with Crippen molar-refractivity contribution in [2.24, 2.45) is 23.2 Å². The Balaban J connectivity index is 1.47. The first-order valence-electron chi connectivity index (χ1n) is 12.3. The smallest absolute Gasteiger partial charge is 0.243 e. The fourth-order valence-electron chi connectivity index (χ4n) is 6.17. The number of sulfonamides is 1. The van der Waals surface area contributed by atoms with Gasteiger partial charge < -0.3 is 4.90 Å². The molecule has 5 nitrogen and oxygen atoms in total. The van der Waals surface area contributed by atoms with Crippen molar-refractivity contribution in [3.05, 3.63) is 29.3 Å². The molecule has 1 amide bonds. The van der Waals surface area contributed by atoms with Crippen molar-refractivity contribution < 1.29 is 13.2 Å². The number of hydrogen-bond acceptors (Lipinski definition) is 3. The lowest BCUT2D eigenvalue weighted by atomic mass is 9.79. The van der Waals surface area contributed by atoms with Gasteiger partial charge in [-0.2, -0.15) is 4.31 Å². The number of rotatable bonds is 6. The molecule has 4 fully saturated rings. The number of nitrogens with zero attached hydrogens (tertiary/aromatic N) is 2. The topological polar surface area (TPSA) is 57.7 Å². The van der Waals surface area contributed by atoms with Crippen LogP contribution in [0, 0.1) is 23.2 Å². The molecular weight excluding hydrogens is 444 g/mol. The van der Waals surface area contributed by atoms with Crippen LogP contribution in [0.1, 0.15) is 65.2 Å². The monoisotopic (exact) mass is 478 g/mol. The second-order valence-electron chi connectivity index (χ2n) is 11.1. The molecule has 32 heavy (non-hydrogen) atoms. The summed E-state index contributed by atoms with van der Waals surface area (Å²) in [5, 5.41) is 0.538. The zero-order valence-corrected chi connectivity index (χ0v) is 20.7. The second kappa shape index (κ2) is 8.28. The van der Waals surface area contributed by atoms with Gasteiger partial charge in [0.1, 0.15) is 0 Å². The summed E-state index contributed by atoms with van der Waals surface area (Å²) >= 11 is 6.05. The Hall–Kier alpha value is -1.11. The van der Waals surface area contributed by atoms with Crippen molar-refractivity contribution in [1.29, 1.82) is 0 Å². The summed E-state index contributed by atoms with van der Waals surface area (Å²) in [7, 11) is -3.66. The molecular formula is C25H35ClN2O3S. The zero-order valence-electron chi connectivity index (χ0n) is 19.2. The van der Waals surface area contributed by atoms with Crippen LogP contribution < -0.4 is 0 Å². The van der Waals surface area contributed by atoms with Crippen molar-refractivity contribution in [1.82, 2.24) is 9.21 Å². The largest absolute Gasteiger partial charge is 0.342 e.